The SMILES string of the molecule is C=CC(=O)N(CC)CC(=O)N[C@@H]1CCCc2c(F)cc(F)cc21. The summed E-state index contributed by atoms with van der Waals surface area (Å²) in [5.74, 6) is -1.91. The van der Waals surface area contributed by atoms with E-state index in [1.165, 1.54) is 11.0 Å². The molecule has 1 aromatic carbocycles. The molecule has 0 aliphatic heterocycles. The number of amides is 2. The molecule has 0 spiro atoms. The number of hydrogen-bond donors (Lipinski definition) is 1. The van der Waals surface area contributed by atoms with E-state index in [1.54, 1.807) is 6.92 Å². The van der Waals surface area contributed by atoms with Crippen LogP contribution in [0.2, 0.25) is 0 Å². The molecule has 0 aromatic heterocycles. The first kappa shape index (κ1) is 17.1. The number of rotatable bonds is 5. The second-order valence-corrected chi connectivity index (χ2v) is 5.52. The number of nitrogens with one attached hydrogen (secondary N) is 1. The highest BCUT2D eigenvalue weighted by molar-refractivity contribution is 5.91. The summed E-state index contributed by atoms with van der Waals surface area (Å²) < 4.78 is 27.3. The molecule has 0 unspecified atom stereocenters. The van der Waals surface area contributed by atoms with Crippen molar-refractivity contribution in [3.05, 3.63) is 47.5 Å². The maximum Gasteiger partial charge on any atom is 0.246 e. The molecule has 0 radical (unpaired) electrons. The normalized spacial score (nSPS) is 16.4. The Morgan fingerprint density at radius 1 is 1.43 bits per heavy atom. The standard InChI is InChI=1S/C17H20F2N2O2/c1-3-17(23)21(4-2)10-16(22)20-15-7-5-6-12-13(15)8-11(18)9-14(12)19/h3,8-9,15H,1,4-7,10H2,2H3,(H,20,22)/t15-/m1/s1. The summed E-state index contributed by atoms with van der Waals surface area (Å²) in [5, 5.41) is 2.77. The van der Waals surface area contributed by atoms with Crippen LogP contribution in [0.25, 0.3) is 0 Å². The molecule has 1 aliphatic rings. The molecular formula is C17H20F2N2O2. The van der Waals surface area contributed by atoms with Gasteiger partial charge in [-0.25, -0.2) is 8.78 Å². The Morgan fingerprint density at radius 3 is 2.83 bits per heavy atom. The minimum Gasteiger partial charge on any atom is -0.348 e. The molecular weight excluding hydrogens is 302 g/mol. The Bertz CT molecular complexity index is 631. The number of fused-ring (bicyclic) bond motifs is 1. The molecule has 0 bridgehead atoms. The Labute approximate surface area is 134 Å². The Hall–Kier alpha value is -2.24. The van der Waals surface area contributed by atoms with Gasteiger partial charge in [-0.1, -0.05) is 6.58 Å². The average Bonchev–Trinajstić information content (AvgIpc) is 2.52. The predicted molar refractivity (Wildman–Crippen MR) is 82.6 cm³/mol. The molecule has 1 N–H and O–H groups in total. The van der Waals surface area contributed by atoms with E-state index in [0.717, 1.165) is 12.1 Å². The zero-order valence-corrected chi connectivity index (χ0v) is 13.1. The Morgan fingerprint density at radius 2 is 2.17 bits per heavy atom. The molecule has 23 heavy (non-hydrogen) atoms. The van der Waals surface area contributed by atoms with E-state index in [1.807, 2.05) is 0 Å². The molecule has 2 rings (SSSR count). The minimum atomic E-state index is -0.653. The highest BCUT2D eigenvalue weighted by Gasteiger charge is 2.25. The Kier molecular flexibility index (Phi) is 5.47. The van der Waals surface area contributed by atoms with Crippen molar-refractivity contribution in [3.63, 3.8) is 0 Å². The molecule has 0 saturated heterocycles. The van der Waals surface area contributed by atoms with Gasteiger partial charge in [0, 0.05) is 12.6 Å². The quantitative estimate of drug-likeness (QED) is 0.847. The van der Waals surface area contributed by atoms with Crippen LogP contribution >= 0.6 is 0 Å². The van der Waals surface area contributed by atoms with Crippen LogP contribution in [-0.2, 0) is 16.0 Å². The smallest absolute Gasteiger partial charge is 0.246 e. The fourth-order valence-corrected chi connectivity index (χ4v) is 2.87. The molecule has 0 fully saturated rings. The molecule has 4 nitrogen and oxygen atoms in total. The lowest BCUT2D eigenvalue weighted by atomic mass is 9.87. The van der Waals surface area contributed by atoms with E-state index in [0.29, 0.717) is 36.9 Å². The lowest BCUT2D eigenvalue weighted by Gasteiger charge is -2.28. The number of carbonyl (C=O) groups is 2. The highest BCUT2D eigenvalue weighted by atomic mass is 19.1. The second-order valence-electron chi connectivity index (χ2n) is 5.52. The van der Waals surface area contributed by atoms with Crippen molar-refractivity contribution in [2.45, 2.75) is 32.2 Å². The van der Waals surface area contributed by atoms with Gasteiger partial charge in [0.25, 0.3) is 0 Å². The van der Waals surface area contributed by atoms with Gasteiger partial charge in [-0.3, -0.25) is 9.59 Å². The lowest BCUT2D eigenvalue weighted by molar-refractivity contribution is -0.132. The largest absolute Gasteiger partial charge is 0.348 e. The van der Waals surface area contributed by atoms with E-state index in [4.69, 9.17) is 0 Å². The molecule has 0 saturated carbocycles. The highest BCUT2D eigenvalue weighted by Crippen LogP contribution is 2.32. The zero-order valence-electron chi connectivity index (χ0n) is 13.1. The van der Waals surface area contributed by atoms with Crippen molar-refractivity contribution >= 4 is 11.8 Å². The van der Waals surface area contributed by atoms with Crippen molar-refractivity contribution in [3.8, 4) is 0 Å². The van der Waals surface area contributed by atoms with Gasteiger partial charge in [0.1, 0.15) is 11.6 Å². The molecule has 0 heterocycles. The van der Waals surface area contributed by atoms with Crippen LogP contribution in [0.15, 0.2) is 24.8 Å². The van der Waals surface area contributed by atoms with Crippen molar-refractivity contribution in [1.29, 1.82) is 0 Å². The molecule has 1 aromatic rings. The van der Waals surface area contributed by atoms with Gasteiger partial charge >= 0.3 is 0 Å². The van der Waals surface area contributed by atoms with Gasteiger partial charge in [-0.15, -0.1) is 0 Å². The van der Waals surface area contributed by atoms with Gasteiger partial charge in [-0.2, -0.15) is 0 Å². The average molecular weight is 322 g/mol. The molecule has 1 atom stereocenters. The van der Waals surface area contributed by atoms with Crippen molar-refractivity contribution in [2.75, 3.05) is 13.1 Å². The molecule has 6 heteroatoms. The van der Waals surface area contributed by atoms with Gasteiger partial charge in [0.15, 0.2) is 0 Å². The molecule has 1 aliphatic carbocycles. The summed E-state index contributed by atoms with van der Waals surface area (Å²) in [6.07, 6.45) is 3.01. The summed E-state index contributed by atoms with van der Waals surface area (Å²) in [7, 11) is 0. The first-order valence-electron chi connectivity index (χ1n) is 7.64. The predicted octanol–water partition coefficient (Wildman–Crippen LogP) is 2.49. The van der Waals surface area contributed by atoms with Crippen molar-refractivity contribution in [2.24, 2.45) is 0 Å². The Balaban J connectivity index is 2.11. The van der Waals surface area contributed by atoms with Gasteiger partial charge in [0.2, 0.25) is 11.8 Å². The molecule has 124 valence electrons. The number of likely N-dealkylation sites (N-methyl/N-ethyl adjacent to an activating group) is 1. The van der Waals surface area contributed by atoms with E-state index in [-0.39, 0.29) is 18.4 Å². The second kappa shape index (κ2) is 7.35. The van der Waals surface area contributed by atoms with Crippen LogP contribution in [0.1, 0.15) is 36.9 Å². The van der Waals surface area contributed by atoms with Crippen LogP contribution in [0.4, 0.5) is 8.78 Å². The fraction of sp³-hybridized carbons (Fsp3) is 0.412. The van der Waals surface area contributed by atoms with E-state index in [2.05, 4.69) is 11.9 Å². The number of halogens is 2. The minimum absolute atomic E-state index is 0.106. The molecule has 2 amide bonds. The summed E-state index contributed by atoms with van der Waals surface area (Å²) in [4.78, 5) is 25.1. The number of benzene rings is 1. The third-order valence-corrected chi connectivity index (χ3v) is 4.03. The van der Waals surface area contributed by atoms with Crippen LogP contribution in [0.5, 0.6) is 0 Å². The maximum atomic E-state index is 13.8. The summed E-state index contributed by atoms with van der Waals surface area (Å²) in [6, 6.07) is 1.70. The first-order valence-corrected chi connectivity index (χ1v) is 7.64. The zero-order chi connectivity index (χ0) is 17.0. The number of hydrogen-bond acceptors (Lipinski definition) is 2. The summed E-state index contributed by atoms with van der Waals surface area (Å²) >= 11 is 0. The van der Waals surface area contributed by atoms with Crippen molar-refractivity contribution in [1.82, 2.24) is 10.2 Å². The first-order chi connectivity index (χ1) is 11.0. The monoisotopic (exact) mass is 322 g/mol. The third kappa shape index (κ3) is 3.94. The van der Waals surface area contributed by atoms with Crippen molar-refractivity contribution < 1.29 is 18.4 Å². The third-order valence-electron chi connectivity index (χ3n) is 4.03. The maximum absolute atomic E-state index is 13.8. The summed E-state index contributed by atoms with van der Waals surface area (Å²) in [5.41, 5.74) is 0.942. The van der Waals surface area contributed by atoms with Crippen LogP contribution in [0.3, 0.4) is 0 Å². The topological polar surface area (TPSA) is 49.4 Å². The van der Waals surface area contributed by atoms with Gasteiger partial charge in [-0.05, 0) is 49.5 Å². The van der Waals surface area contributed by atoms with Crippen LogP contribution in [0, 0.1) is 11.6 Å². The summed E-state index contributed by atoms with van der Waals surface area (Å²) in [6.45, 7) is 5.43. The van der Waals surface area contributed by atoms with E-state index < -0.39 is 17.7 Å². The van der Waals surface area contributed by atoms with E-state index >= 15 is 0 Å². The van der Waals surface area contributed by atoms with Gasteiger partial charge < -0.3 is 10.2 Å². The van der Waals surface area contributed by atoms with Crippen LogP contribution in [-0.4, -0.2) is 29.8 Å². The lowest BCUT2D eigenvalue weighted by Crippen LogP contribution is -2.41. The number of carbonyl (C=O) groups excluding carboxylic acids is 2. The fourth-order valence-electron chi connectivity index (χ4n) is 2.87. The number of nitrogens with zero attached hydrogens (tertiary/aromatic N) is 1. The van der Waals surface area contributed by atoms with Gasteiger partial charge in [0.05, 0.1) is 12.6 Å². The van der Waals surface area contributed by atoms with Crippen LogP contribution < -0.4 is 5.32 Å². The van der Waals surface area contributed by atoms with E-state index in [9.17, 15) is 18.4 Å².